The molecule has 0 spiro atoms. The number of thioether (sulfide) groups is 1. The highest BCUT2D eigenvalue weighted by Crippen LogP contribution is 2.20. The van der Waals surface area contributed by atoms with E-state index in [1.54, 1.807) is 4.68 Å². The lowest BCUT2D eigenvalue weighted by Gasteiger charge is -2.08. The summed E-state index contributed by atoms with van der Waals surface area (Å²) in [6.45, 7) is 8.29. The molecule has 1 heterocycles. The molecule has 0 aliphatic heterocycles. The molecule has 21 heavy (non-hydrogen) atoms. The summed E-state index contributed by atoms with van der Waals surface area (Å²) in [4.78, 5) is 12.2. The van der Waals surface area contributed by atoms with Crippen molar-refractivity contribution in [2.75, 3.05) is 5.75 Å². The largest absolute Gasteiger partial charge is 0.293 e. The first-order valence-electron chi connectivity index (χ1n) is 7.03. The third-order valence-corrected chi connectivity index (χ3v) is 4.12. The number of rotatable bonds is 6. The van der Waals surface area contributed by atoms with Gasteiger partial charge in [-0.2, -0.15) is 0 Å². The molecule has 0 aliphatic rings. The van der Waals surface area contributed by atoms with E-state index in [0.717, 1.165) is 5.56 Å². The van der Waals surface area contributed by atoms with E-state index in [2.05, 4.69) is 29.4 Å². The van der Waals surface area contributed by atoms with Crippen molar-refractivity contribution in [3.63, 3.8) is 0 Å². The number of aromatic nitrogens is 4. The molecule has 0 saturated carbocycles. The summed E-state index contributed by atoms with van der Waals surface area (Å²) in [5.41, 5.74) is 1.97. The van der Waals surface area contributed by atoms with E-state index in [-0.39, 0.29) is 11.8 Å². The van der Waals surface area contributed by atoms with Crippen LogP contribution < -0.4 is 0 Å². The number of nitrogens with zero attached hydrogens (tertiary/aromatic N) is 4. The summed E-state index contributed by atoms with van der Waals surface area (Å²) in [5, 5.41) is 12.2. The highest BCUT2D eigenvalue weighted by molar-refractivity contribution is 7.99. The fourth-order valence-electron chi connectivity index (χ4n) is 1.87. The summed E-state index contributed by atoms with van der Waals surface area (Å²) in [7, 11) is 0. The van der Waals surface area contributed by atoms with Gasteiger partial charge in [0.1, 0.15) is 0 Å². The van der Waals surface area contributed by atoms with Crippen molar-refractivity contribution in [2.24, 2.45) is 0 Å². The van der Waals surface area contributed by atoms with Crippen molar-refractivity contribution in [1.29, 1.82) is 0 Å². The average Bonchev–Trinajstić information content (AvgIpc) is 2.93. The number of tetrazole rings is 1. The molecule has 0 radical (unpaired) electrons. The fourth-order valence-corrected chi connectivity index (χ4v) is 2.77. The van der Waals surface area contributed by atoms with Crippen LogP contribution in [0.2, 0.25) is 0 Å². The van der Waals surface area contributed by atoms with Gasteiger partial charge in [-0.1, -0.05) is 49.9 Å². The monoisotopic (exact) mass is 304 g/mol. The van der Waals surface area contributed by atoms with Gasteiger partial charge in [0.2, 0.25) is 5.16 Å². The highest BCUT2D eigenvalue weighted by atomic mass is 32.2. The number of Topliss-reactive ketones (excluding diaryl/α,β-unsaturated/α-hetero) is 1. The lowest BCUT2D eigenvalue weighted by Crippen LogP contribution is -2.07. The van der Waals surface area contributed by atoms with Crippen LogP contribution in [0.3, 0.4) is 0 Å². The molecule has 2 aromatic rings. The molecule has 0 fully saturated rings. The maximum absolute atomic E-state index is 12.2. The van der Waals surface area contributed by atoms with Crippen molar-refractivity contribution >= 4 is 17.5 Å². The summed E-state index contributed by atoms with van der Waals surface area (Å²) in [6, 6.07) is 8.00. The van der Waals surface area contributed by atoms with Crippen LogP contribution in [-0.2, 0) is 0 Å². The zero-order valence-corrected chi connectivity index (χ0v) is 13.6. The Bertz CT molecular complexity index is 604. The molecular weight excluding hydrogens is 284 g/mol. The first kappa shape index (κ1) is 15.7. The molecule has 5 nitrogen and oxygen atoms in total. The maximum Gasteiger partial charge on any atom is 0.209 e. The predicted molar refractivity (Wildman–Crippen MR) is 83.8 cm³/mol. The molecule has 0 bridgehead atoms. The predicted octanol–water partition coefficient (Wildman–Crippen LogP) is 3.35. The minimum absolute atomic E-state index is 0.0913. The molecule has 0 saturated heterocycles. The van der Waals surface area contributed by atoms with E-state index in [4.69, 9.17) is 0 Å². The normalized spacial score (nSPS) is 11.3. The molecule has 0 unspecified atom stereocenters. The van der Waals surface area contributed by atoms with Crippen LogP contribution in [0.1, 0.15) is 55.6 Å². The third-order valence-electron chi connectivity index (χ3n) is 3.18. The van der Waals surface area contributed by atoms with Gasteiger partial charge in [0.25, 0.3) is 0 Å². The van der Waals surface area contributed by atoms with Crippen molar-refractivity contribution in [2.45, 2.75) is 44.8 Å². The highest BCUT2D eigenvalue weighted by Gasteiger charge is 2.13. The topological polar surface area (TPSA) is 60.7 Å². The number of ketones is 1. The van der Waals surface area contributed by atoms with Crippen LogP contribution >= 0.6 is 11.8 Å². The average molecular weight is 304 g/mol. The Kier molecular flexibility index (Phi) is 5.12. The minimum Gasteiger partial charge on any atom is -0.293 e. The summed E-state index contributed by atoms with van der Waals surface area (Å²) >= 11 is 1.37. The maximum atomic E-state index is 12.2. The molecule has 112 valence electrons. The fraction of sp³-hybridized carbons (Fsp3) is 0.467. The number of carbonyl (C=O) groups excluding carboxylic acids is 1. The molecule has 0 atom stereocenters. The SMILES string of the molecule is CC(C)c1ccc(C(=O)CSc2nnnn2C(C)C)cc1. The Balaban J connectivity index is 2.00. The first-order valence-corrected chi connectivity index (χ1v) is 8.01. The lowest BCUT2D eigenvalue weighted by molar-refractivity contribution is 0.102. The number of hydrogen-bond donors (Lipinski definition) is 0. The van der Waals surface area contributed by atoms with E-state index in [1.165, 1.54) is 17.3 Å². The van der Waals surface area contributed by atoms with E-state index in [1.807, 2.05) is 38.1 Å². The van der Waals surface area contributed by atoms with Crippen LogP contribution in [0.15, 0.2) is 29.4 Å². The van der Waals surface area contributed by atoms with Crippen LogP contribution in [0.25, 0.3) is 0 Å². The van der Waals surface area contributed by atoms with Gasteiger partial charge in [0, 0.05) is 5.56 Å². The summed E-state index contributed by atoms with van der Waals surface area (Å²) < 4.78 is 1.72. The summed E-state index contributed by atoms with van der Waals surface area (Å²) in [5.74, 6) is 0.904. The van der Waals surface area contributed by atoms with Gasteiger partial charge in [-0.3, -0.25) is 4.79 Å². The van der Waals surface area contributed by atoms with Crippen LogP contribution in [-0.4, -0.2) is 31.7 Å². The quantitative estimate of drug-likeness (QED) is 0.605. The number of hydrogen-bond acceptors (Lipinski definition) is 5. The molecule has 1 aromatic heterocycles. The smallest absolute Gasteiger partial charge is 0.209 e. The van der Waals surface area contributed by atoms with E-state index >= 15 is 0 Å². The van der Waals surface area contributed by atoms with Gasteiger partial charge in [-0.05, 0) is 35.8 Å². The molecule has 0 N–H and O–H groups in total. The van der Waals surface area contributed by atoms with E-state index < -0.39 is 0 Å². The van der Waals surface area contributed by atoms with Crippen molar-refractivity contribution < 1.29 is 4.79 Å². The Morgan fingerprint density at radius 3 is 2.43 bits per heavy atom. The Morgan fingerprint density at radius 1 is 1.19 bits per heavy atom. The number of carbonyl (C=O) groups is 1. The van der Waals surface area contributed by atoms with Crippen LogP contribution in [0.4, 0.5) is 0 Å². The van der Waals surface area contributed by atoms with Gasteiger partial charge >= 0.3 is 0 Å². The van der Waals surface area contributed by atoms with Crippen LogP contribution in [0.5, 0.6) is 0 Å². The second-order valence-electron chi connectivity index (χ2n) is 5.49. The van der Waals surface area contributed by atoms with Gasteiger partial charge in [-0.25, -0.2) is 4.68 Å². The second kappa shape index (κ2) is 6.85. The number of benzene rings is 1. The Morgan fingerprint density at radius 2 is 1.86 bits per heavy atom. The zero-order chi connectivity index (χ0) is 15.4. The minimum atomic E-state index is 0.0913. The van der Waals surface area contributed by atoms with E-state index in [9.17, 15) is 4.79 Å². The van der Waals surface area contributed by atoms with Crippen molar-refractivity contribution in [3.05, 3.63) is 35.4 Å². The molecule has 1 aromatic carbocycles. The van der Waals surface area contributed by atoms with E-state index in [0.29, 0.717) is 16.8 Å². The van der Waals surface area contributed by atoms with Gasteiger partial charge in [0.15, 0.2) is 5.78 Å². The Labute approximate surface area is 129 Å². The molecule has 6 heteroatoms. The van der Waals surface area contributed by atoms with Gasteiger partial charge in [-0.15, -0.1) is 5.10 Å². The second-order valence-corrected chi connectivity index (χ2v) is 6.43. The molecule has 0 aliphatic carbocycles. The molecular formula is C15H20N4OS. The lowest BCUT2D eigenvalue weighted by atomic mass is 10.0. The first-order chi connectivity index (χ1) is 9.99. The Hall–Kier alpha value is -1.69. The van der Waals surface area contributed by atoms with Crippen molar-refractivity contribution in [3.8, 4) is 0 Å². The van der Waals surface area contributed by atoms with Crippen molar-refractivity contribution in [1.82, 2.24) is 20.2 Å². The molecule has 0 amide bonds. The molecule has 2 rings (SSSR count). The third kappa shape index (κ3) is 3.91. The zero-order valence-electron chi connectivity index (χ0n) is 12.8. The van der Waals surface area contributed by atoms with Crippen LogP contribution in [0, 0.1) is 0 Å². The summed E-state index contributed by atoms with van der Waals surface area (Å²) in [6.07, 6.45) is 0. The van der Waals surface area contributed by atoms with Gasteiger partial charge in [0.05, 0.1) is 11.8 Å². The standard InChI is InChI=1S/C15H20N4OS/c1-10(2)12-5-7-13(8-6-12)14(20)9-21-15-16-17-18-19(15)11(3)4/h5-8,10-11H,9H2,1-4H3. The van der Waals surface area contributed by atoms with Gasteiger partial charge < -0.3 is 0 Å².